The molecule has 0 unspecified atom stereocenters. The van der Waals surface area contributed by atoms with E-state index in [2.05, 4.69) is 25.8 Å². The molecular formula is C28H32ClFN6O2S. The standard InChI is InChI=1S/C28H32ClFN6O2S/c1-2-38-24-10-6-5-9-23(24)34-13-17-36(18-14-34)27(37)20-39-28-31-25(29)19-26(32-28)35-15-11-33(12-16-35)22-8-4-3-7-21(22)30/h3-10,19H,2,11-18,20H2,1H3. The van der Waals surface area contributed by atoms with Crippen molar-refractivity contribution in [3.8, 4) is 5.75 Å². The van der Waals surface area contributed by atoms with E-state index in [1.807, 2.05) is 41.0 Å². The number of carbonyl (C=O) groups is 1. The Morgan fingerprint density at radius 3 is 2.23 bits per heavy atom. The van der Waals surface area contributed by atoms with E-state index in [1.165, 1.54) is 17.8 Å². The monoisotopic (exact) mass is 570 g/mol. The Bertz CT molecular complexity index is 1280. The third kappa shape index (κ3) is 6.67. The molecule has 11 heteroatoms. The Labute approximate surface area is 237 Å². The quantitative estimate of drug-likeness (QED) is 0.224. The molecule has 3 heterocycles. The van der Waals surface area contributed by atoms with Gasteiger partial charge in [-0.3, -0.25) is 4.79 Å². The van der Waals surface area contributed by atoms with E-state index in [0.717, 1.165) is 30.3 Å². The summed E-state index contributed by atoms with van der Waals surface area (Å²) in [5, 5.41) is 0.819. The molecule has 0 aliphatic carbocycles. The average Bonchev–Trinajstić information content (AvgIpc) is 2.97. The molecule has 39 heavy (non-hydrogen) atoms. The lowest BCUT2D eigenvalue weighted by atomic mass is 10.2. The summed E-state index contributed by atoms with van der Waals surface area (Å²) in [6.45, 7) is 8.09. The highest BCUT2D eigenvalue weighted by atomic mass is 35.5. The van der Waals surface area contributed by atoms with Gasteiger partial charge in [0.1, 0.15) is 22.5 Å². The molecule has 3 aromatic rings. The summed E-state index contributed by atoms with van der Waals surface area (Å²) in [6, 6.07) is 16.6. The van der Waals surface area contributed by atoms with Crippen molar-refractivity contribution in [2.45, 2.75) is 12.1 Å². The van der Waals surface area contributed by atoms with Crippen molar-refractivity contribution in [1.29, 1.82) is 0 Å². The van der Waals surface area contributed by atoms with Crippen LogP contribution >= 0.6 is 23.4 Å². The van der Waals surface area contributed by atoms with Gasteiger partial charge in [-0.25, -0.2) is 14.4 Å². The Morgan fingerprint density at radius 1 is 0.897 bits per heavy atom. The normalized spacial score (nSPS) is 16.0. The van der Waals surface area contributed by atoms with Crippen LogP contribution in [0.2, 0.25) is 5.15 Å². The molecule has 0 radical (unpaired) electrons. The van der Waals surface area contributed by atoms with E-state index in [9.17, 15) is 9.18 Å². The molecule has 5 rings (SSSR count). The first kappa shape index (κ1) is 27.3. The van der Waals surface area contributed by atoms with Gasteiger partial charge in [-0.15, -0.1) is 0 Å². The van der Waals surface area contributed by atoms with Crippen LogP contribution in [0.15, 0.2) is 59.8 Å². The summed E-state index contributed by atoms with van der Waals surface area (Å²) in [5.74, 6) is 1.69. The van der Waals surface area contributed by atoms with Gasteiger partial charge in [0.15, 0.2) is 5.16 Å². The molecule has 0 bridgehead atoms. The smallest absolute Gasteiger partial charge is 0.233 e. The second-order valence-corrected chi connectivity index (χ2v) is 10.6. The molecule has 2 saturated heterocycles. The Balaban J connectivity index is 1.13. The number of nitrogens with zero attached hydrogens (tertiary/aromatic N) is 6. The van der Waals surface area contributed by atoms with Crippen LogP contribution in [-0.2, 0) is 4.79 Å². The number of para-hydroxylation sites is 3. The van der Waals surface area contributed by atoms with Gasteiger partial charge in [0.2, 0.25) is 5.91 Å². The lowest BCUT2D eigenvalue weighted by Crippen LogP contribution is -2.49. The van der Waals surface area contributed by atoms with Crippen molar-refractivity contribution in [1.82, 2.24) is 14.9 Å². The molecule has 0 atom stereocenters. The third-order valence-corrected chi connectivity index (χ3v) is 7.95. The van der Waals surface area contributed by atoms with Crippen molar-refractivity contribution in [3.05, 3.63) is 65.6 Å². The number of hydrogen-bond acceptors (Lipinski definition) is 8. The fourth-order valence-electron chi connectivity index (χ4n) is 4.91. The van der Waals surface area contributed by atoms with Crippen LogP contribution in [0.4, 0.5) is 21.6 Å². The van der Waals surface area contributed by atoms with Crippen molar-refractivity contribution in [2.75, 3.05) is 79.4 Å². The second-order valence-electron chi connectivity index (χ2n) is 9.31. The molecule has 206 valence electrons. The number of carbonyl (C=O) groups excluding carboxylic acids is 1. The molecule has 0 N–H and O–H groups in total. The van der Waals surface area contributed by atoms with Crippen LogP contribution in [0, 0.1) is 5.82 Å². The lowest BCUT2D eigenvalue weighted by molar-refractivity contribution is -0.128. The maximum absolute atomic E-state index is 14.2. The number of piperazine rings is 2. The summed E-state index contributed by atoms with van der Waals surface area (Å²) in [6.07, 6.45) is 0. The third-order valence-electron chi connectivity index (χ3n) is 6.92. The number of ether oxygens (including phenoxy) is 1. The first-order valence-electron chi connectivity index (χ1n) is 13.2. The van der Waals surface area contributed by atoms with Crippen LogP contribution in [0.3, 0.4) is 0 Å². The molecule has 2 aromatic carbocycles. The molecular weight excluding hydrogens is 539 g/mol. The number of rotatable bonds is 8. The second kappa shape index (κ2) is 12.7. The maximum atomic E-state index is 14.2. The molecule has 2 fully saturated rings. The van der Waals surface area contributed by atoms with Gasteiger partial charge in [0.25, 0.3) is 0 Å². The van der Waals surface area contributed by atoms with Gasteiger partial charge in [-0.2, -0.15) is 0 Å². The topological polar surface area (TPSA) is 65.0 Å². The van der Waals surface area contributed by atoms with Crippen LogP contribution < -0.4 is 19.4 Å². The van der Waals surface area contributed by atoms with Crippen molar-refractivity contribution in [2.24, 2.45) is 0 Å². The zero-order valence-electron chi connectivity index (χ0n) is 21.9. The molecule has 1 aromatic heterocycles. The van der Waals surface area contributed by atoms with Gasteiger partial charge in [-0.1, -0.05) is 47.6 Å². The van der Waals surface area contributed by atoms with Gasteiger partial charge in [0, 0.05) is 58.4 Å². The minimum atomic E-state index is -0.212. The summed E-state index contributed by atoms with van der Waals surface area (Å²) in [4.78, 5) is 30.3. The van der Waals surface area contributed by atoms with Crippen LogP contribution in [0.5, 0.6) is 5.75 Å². The van der Waals surface area contributed by atoms with Crippen LogP contribution in [-0.4, -0.2) is 85.5 Å². The van der Waals surface area contributed by atoms with Crippen molar-refractivity contribution < 1.29 is 13.9 Å². The van der Waals surface area contributed by atoms with Crippen LogP contribution in [0.1, 0.15) is 6.92 Å². The van der Waals surface area contributed by atoms with Gasteiger partial charge < -0.3 is 24.3 Å². The predicted molar refractivity (Wildman–Crippen MR) is 155 cm³/mol. The maximum Gasteiger partial charge on any atom is 0.233 e. The number of hydrogen-bond donors (Lipinski definition) is 0. The molecule has 0 spiro atoms. The first-order valence-corrected chi connectivity index (χ1v) is 14.5. The number of aromatic nitrogens is 2. The Kier molecular flexibility index (Phi) is 8.93. The number of halogens is 2. The Hall–Kier alpha value is -3.24. The summed E-state index contributed by atoms with van der Waals surface area (Å²) < 4.78 is 20.0. The fraction of sp³-hybridized carbons (Fsp3) is 0.393. The molecule has 2 aliphatic heterocycles. The molecule has 1 amide bonds. The minimum Gasteiger partial charge on any atom is -0.492 e. The molecule has 0 saturated carbocycles. The lowest BCUT2D eigenvalue weighted by Gasteiger charge is -2.37. The van der Waals surface area contributed by atoms with E-state index in [4.69, 9.17) is 16.3 Å². The average molecular weight is 571 g/mol. The largest absolute Gasteiger partial charge is 0.492 e. The van der Waals surface area contributed by atoms with E-state index in [1.54, 1.807) is 18.2 Å². The van der Waals surface area contributed by atoms with Crippen molar-refractivity contribution >= 4 is 46.5 Å². The highest BCUT2D eigenvalue weighted by Crippen LogP contribution is 2.29. The van der Waals surface area contributed by atoms with E-state index >= 15 is 0 Å². The van der Waals surface area contributed by atoms with Crippen LogP contribution in [0.25, 0.3) is 0 Å². The van der Waals surface area contributed by atoms with E-state index in [0.29, 0.717) is 61.9 Å². The molecule has 8 nitrogen and oxygen atoms in total. The first-order chi connectivity index (χ1) is 19.0. The summed E-state index contributed by atoms with van der Waals surface area (Å²) in [5.41, 5.74) is 1.68. The summed E-state index contributed by atoms with van der Waals surface area (Å²) in [7, 11) is 0. The highest BCUT2D eigenvalue weighted by molar-refractivity contribution is 7.99. The number of anilines is 3. The zero-order valence-corrected chi connectivity index (χ0v) is 23.5. The number of thioether (sulfide) groups is 1. The fourth-order valence-corrected chi connectivity index (χ4v) is 5.89. The SMILES string of the molecule is CCOc1ccccc1N1CCN(C(=O)CSc2nc(Cl)cc(N3CCN(c4ccccc4F)CC3)n2)CC1. The summed E-state index contributed by atoms with van der Waals surface area (Å²) >= 11 is 7.63. The number of amides is 1. The van der Waals surface area contributed by atoms with E-state index < -0.39 is 0 Å². The van der Waals surface area contributed by atoms with E-state index in [-0.39, 0.29) is 17.5 Å². The number of benzene rings is 2. The van der Waals surface area contributed by atoms with Gasteiger partial charge >= 0.3 is 0 Å². The molecule has 2 aliphatic rings. The minimum absolute atomic E-state index is 0.0568. The zero-order chi connectivity index (χ0) is 27.2. The van der Waals surface area contributed by atoms with Gasteiger partial charge in [0.05, 0.1) is 23.7 Å². The van der Waals surface area contributed by atoms with Crippen molar-refractivity contribution in [3.63, 3.8) is 0 Å². The van der Waals surface area contributed by atoms with Gasteiger partial charge in [-0.05, 0) is 31.2 Å². The highest BCUT2D eigenvalue weighted by Gasteiger charge is 2.24. The predicted octanol–water partition coefficient (Wildman–Crippen LogP) is 4.44. The Morgan fingerprint density at radius 2 is 1.51 bits per heavy atom.